The number of nitrogens with one attached hydrogen (secondary N) is 1. The molecule has 0 aliphatic heterocycles. The van der Waals surface area contributed by atoms with Crippen LogP contribution in [0, 0.1) is 6.92 Å². The SMILES string of the molecule is Cc1nn(-c2ccccc2)cc1C(=O)NCCOCC(=O)O. The van der Waals surface area contributed by atoms with E-state index < -0.39 is 5.97 Å². The summed E-state index contributed by atoms with van der Waals surface area (Å²) >= 11 is 0. The molecule has 116 valence electrons. The van der Waals surface area contributed by atoms with Gasteiger partial charge >= 0.3 is 5.97 Å². The second-order valence-corrected chi connectivity index (χ2v) is 4.61. The Kier molecular flexibility index (Phi) is 5.26. The maximum absolute atomic E-state index is 12.1. The number of nitrogens with zero attached hydrogens (tertiary/aromatic N) is 2. The molecule has 0 unspecified atom stereocenters. The van der Waals surface area contributed by atoms with Gasteiger partial charge in [0.15, 0.2) is 0 Å². The highest BCUT2D eigenvalue weighted by Gasteiger charge is 2.13. The quantitative estimate of drug-likeness (QED) is 0.745. The van der Waals surface area contributed by atoms with Crippen molar-refractivity contribution < 1.29 is 19.4 Å². The number of aromatic nitrogens is 2. The minimum absolute atomic E-state index is 0.143. The van der Waals surface area contributed by atoms with Gasteiger partial charge in [0, 0.05) is 12.7 Å². The van der Waals surface area contributed by atoms with Crippen molar-refractivity contribution in [2.75, 3.05) is 19.8 Å². The lowest BCUT2D eigenvalue weighted by atomic mass is 10.2. The number of aryl methyl sites for hydroxylation is 1. The van der Waals surface area contributed by atoms with Crippen LogP contribution in [0.1, 0.15) is 16.1 Å². The molecule has 1 heterocycles. The molecule has 0 bridgehead atoms. The van der Waals surface area contributed by atoms with Crippen molar-refractivity contribution >= 4 is 11.9 Å². The molecule has 0 saturated carbocycles. The van der Waals surface area contributed by atoms with Gasteiger partial charge in [-0.1, -0.05) is 18.2 Å². The molecule has 1 aromatic carbocycles. The Balaban J connectivity index is 1.93. The summed E-state index contributed by atoms with van der Waals surface area (Å²) in [5.74, 6) is -1.30. The highest BCUT2D eigenvalue weighted by atomic mass is 16.5. The van der Waals surface area contributed by atoms with Gasteiger partial charge in [-0.3, -0.25) is 4.79 Å². The molecule has 0 aliphatic carbocycles. The lowest BCUT2D eigenvalue weighted by Crippen LogP contribution is -2.28. The molecule has 22 heavy (non-hydrogen) atoms. The lowest BCUT2D eigenvalue weighted by Gasteiger charge is -2.04. The van der Waals surface area contributed by atoms with Gasteiger partial charge in [-0.15, -0.1) is 0 Å². The molecule has 7 nitrogen and oxygen atoms in total. The van der Waals surface area contributed by atoms with E-state index in [4.69, 9.17) is 9.84 Å². The van der Waals surface area contributed by atoms with Gasteiger partial charge in [0.05, 0.1) is 23.6 Å². The standard InChI is InChI=1S/C15H17N3O4/c1-11-13(15(21)16-7-8-22-10-14(19)20)9-18(17-11)12-5-3-2-4-6-12/h2-6,9H,7-8,10H2,1H3,(H,16,21)(H,19,20). The van der Waals surface area contributed by atoms with Gasteiger partial charge in [0.1, 0.15) is 6.61 Å². The first-order chi connectivity index (χ1) is 10.6. The number of hydrogen-bond acceptors (Lipinski definition) is 4. The Bertz CT molecular complexity index is 652. The van der Waals surface area contributed by atoms with E-state index in [-0.39, 0.29) is 25.7 Å². The van der Waals surface area contributed by atoms with Crippen molar-refractivity contribution in [3.63, 3.8) is 0 Å². The summed E-state index contributed by atoms with van der Waals surface area (Å²) in [6.07, 6.45) is 1.66. The van der Waals surface area contributed by atoms with Gasteiger partial charge in [-0.05, 0) is 19.1 Å². The molecule has 2 rings (SSSR count). The van der Waals surface area contributed by atoms with Gasteiger partial charge in [0.2, 0.25) is 0 Å². The predicted octanol–water partition coefficient (Wildman–Crippen LogP) is 1.01. The number of carboxylic acids is 1. The van der Waals surface area contributed by atoms with E-state index in [1.54, 1.807) is 17.8 Å². The number of benzene rings is 1. The van der Waals surface area contributed by atoms with Crippen LogP contribution in [0.4, 0.5) is 0 Å². The molecule has 2 N–H and O–H groups in total. The first-order valence-electron chi connectivity index (χ1n) is 6.77. The zero-order chi connectivity index (χ0) is 15.9. The average molecular weight is 303 g/mol. The molecule has 0 radical (unpaired) electrons. The third-order valence-corrected chi connectivity index (χ3v) is 2.92. The highest BCUT2D eigenvalue weighted by Crippen LogP contribution is 2.11. The van der Waals surface area contributed by atoms with Gasteiger partial charge in [-0.25, -0.2) is 9.48 Å². The molecular weight excluding hydrogens is 286 g/mol. The summed E-state index contributed by atoms with van der Waals surface area (Å²) in [6.45, 7) is 1.77. The van der Waals surface area contributed by atoms with Crippen LogP contribution in [0.15, 0.2) is 36.5 Å². The van der Waals surface area contributed by atoms with E-state index in [9.17, 15) is 9.59 Å². The van der Waals surface area contributed by atoms with Crippen molar-refractivity contribution in [3.8, 4) is 5.69 Å². The molecule has 1 amide bonds. The summed E-state index contributed by atoms with van der Waals surface area (Å²) in [7, 11) is 0. The highest BCUT2D eigenvalue weighted by molar-refractivity contribution is 5.95. The maximum Gasteiger partial charge on any atom is 0.329 e. The van der Waals surface area contributed by atoms with Crippen LogP contribution in [0.3, 0.4) is 0 Å². The molecular formula is C15H17N3O4. The van der Waals surface area contributed by atoms with E-state index in [0.717, 1.165) is 5.69 Å². The van der Waals surface area contributed by atoms with E-state index in [0.29, 0.717) is 11.3 Å². The number of amides is 1. The number of carbonyl (C=O) groups is 2. The summed E-state index contributed by atoms with van der Waals surface area (Å²) in [5, 5.41) is 15.4. The topological polar surface area (TPSA) is 93.5 Å². The minimum Gasteiger partial charge on any atom is -0.480 e. The Hall–Kier alpha value is -2.67. The molecule has 0 atom stereocenters. The van der Waals surface area contributed by atoms with Crippen LogP contribution in [0.5, 0.6) is 0 Å². The molecule has 0 spiro atoms. The van der Waals surface area contributed by atoms with Crippen molar-refractivity contribution in [2.45, 2.75) is 6.92 Å². The lowest BCUT2D eigenvalue weighted by molar-refractivity contribution is -0.142. The minimum atomic E-state index is -1.04. The summed E-state index contributed by atoms with van der Waals surface area (Å²) < 4.78 is 6.50. The van der Waals surface area contributed by atoms with Crippen LogP contribution in [0.2, 0.25) is 0 Å². The number of para-hydroxylation sites is 1. The fourth-order valence-corrected chi connectivity index (χ4v) is 1.89. The summed E-state index contributed by atoms with van der Waals surface area (Å²) in [6, 6.07) is 9.49. The second kappa shape index (κ2) is 7.37. The van der Waals surface area contributed by atoms with Crippen LogP contribution in [0.25, 0.3) is 5.69 Å². The van der Waals surface area contributed by atoms with Crippen LogP contribution < -0.4 is 5.32 Å². The van der Waals surface area contributed by atoms with E-state index in [1.807, 2.05) is 30.3 Å². The van der Waals surface area contributed by atoms with E-state index >= 15 is 0 Å². The molecule has 0 aliphatic rings. The van der Waals surface area contributed by atoms with Crippen LogP contribution in [-0.2, 0) is 9.53 Å². The zero-order valence-electron chi connectivity index (χ0n) is 12.2. The largest absolute Gasteiger partial charge is 0.480 e. The number of carboxylic acid groups (broad SMARTS) is 1. The smallest absolute Gasteiger partial charge is 0.329 e. The Morgan fingerprint density at radius 1 is 1.32 bits per heavy atom. The average Bonchev–Trinajstić information content (AvgIpc) is 2.89. The number of hydrogen-bond donors (Lipinski definition) is 2. The Morgan fingerprint density at radius 2 is 2.05 bits per heavy atom. The summed E-state index contributed by atoms with van der Waals surface area (Å²) in [5.41, 5.74) is 1.96. The third-order valence-electron chi connectivity index (χ3n) is 2.92. The monoisotopic (exact) mass is 303 g/mol. The van der Waals surface area contributed by atoms with Gasteiger partial charge < -0.3 is 15.2 Å². The second-order valence-electron chi connectivity index (χ2n) is 4.61. The van der Waals surface area contributed by atoms with Gasteiger partial charge in [0.25, 0.3) is 5.91 Å². The normalized spacial score (nSPS) is 10.4. The molecule has 2 aromatic rings. The first-order valence-corrected chi connectivity index (χ1v) is 6.77. The van der Waals surface area contributed by atoms with Crippen molar-refractivity contribution in [2.24, 2.45) is 0 Å². The third kappa shape index (κ3) is 4.16. The van der Waals surface area contributed by atoms with Crippen molar-refractivity contribution in [3.05, 3.63) is 47.8 Å². The van der Waals surface area contributed by atoms with Crippen LogP contribution >= 0.6 is 0 Å². The molecule has 7 heteroatoms. The van der Waals surface area contributed by atoms with Gasteiger partial charge in [-0.2, -0.15) is 5.10 Å². The Morgan fingerprint density at radius 3 is 2.73 bits per heavy atom. The first kappa shape index (κ1) is 15.7. The zero-order valence-corrected chi connectivity index (χ0v) is 12.2. The fraction of sp³-hybridized carbons (Fsp3) is 0.267. The fourth-order valence-electron chi connectivity index (χ4n) is 1.89. The Labute approximate surface area is 127 Å². The number of carbonyl (C=O) groups excluding carboxylic acids is 1. The maximum atomic E-state index is 12.1. The number of rotatable bonds is 7. The number of aliphatic carboxylic acids is 1. The summed E-state index contributed by atoms with van der Waals surface area (Å²) in [4.78, 5) is 22.3. The molecule has 1 aromatic heterocycles. The van der Waals surface area contributed by atoms with Crippen LogP contribution in [-0.4, -0.2) is 46.5 Å². The van der Waals surface area contributed by atoms with E-state index in [1.165, 1.54) is 0 Å². The van der Waals surface area contributed by atoms with Crippen molar-refractivity contribution in [1.29, 1.82) is 0 Å². The molecule has 0 saturated heterocycles. The number of ether oxygens (including phenoxy) is 1. The van der Waals surface area contributed by atoms with Crippen molar-refractivity contribution in [1.82, 2.24) is 15.1 Å². The molecule has 0 fully saturated rings. The van der Waals surface area contributed by atoms with E-state index in [2.05, 4.69) is 10.4 Å². The predicted molar refractivity (Wildman–Crippen MR) is 79.1 cm³/mol.